The van der Waals surface area contributed by atoms with Gasteiger partial charge in [0.25, 0.3) is 0 Å². The van der Waals surface area contributed by atoms with Crippen molar-refractivity contribution < 1.29 is 9.90 Å². The van der Waals surface area contributed by atoms with Gasteiger partial charge in [-0.1, -0.05) is 35.5 Å². The number of nitrogens with zero attached hydrogens (tertiary/aromatic N) is 3. The number of rotatable bonds is 5. The largest absolute Gasteiger partial charge is 0.507 e. The highest BCUT2D eigenvalue weighted by molar-refractivity contribution is 7.99. The smallest absolute Gasteiger partial charge is 0.191 e. The van der Waals surface area contributed by atoms with Crippen LogP contribution in [0.1, 0.15) is 10.4 Å². The first-order valence-electron chi connectivity index (χ1n) is 7.15. The average Bonchev–Trinajstić information content (AvgIpc) is 2.94. The number of aromatic nitrogens is 3. The van der Waals surface area contributed by atoms with E-state index in [1.54, 1.807) is 54.1 Å². The van der Waals surface area contributed by atoms with Crippen molar-refractivity contribution in [1.29, 1.82) is 0 Å². The van der Waals surface area contributed by atoms with Gasteiger partial charge >= 0.3 is 0 Å². The van der Waals surface area contributed by atoms with Crippen LogP contribution in [0.4, 0.5) is 0 Å². The summed E-state index contributed by atoms with van der Waals surface area (Å²) in [5.41, 5.74) is 1.21. The van der Waals surface area contributed by atoms with Gasteiger partial charge in [0.05, 0.1) is 11.3 Å². The maximum absolute atomic E-state index is 12.2. The molecule has 7 heteroatoms. The second kappa shape index (κ2) is 7.07. The van der Waals surface area contributed by atoms with Crippen molar-refractivity contribution >= 4 is 29.1 Å². The van der Waals surface area contributed by atoms with Gasteiger partial charge in [0.2, 0.25) is 0 Å². The lowest BCUT2D eigenvalue weighted by atomic mass is 10.1. The number of ketones is 1. The van der Waals surface area contributed by atoms with Crippen molar-refractivity contribution in [3.05, 3.63) is 59.1 Å². The van der Waals surface area contributed by atoms with E-state index in [0.717, 1.165) is 0 Å². The van der Waals surface area contributed by atoms with Gasteiger partial charge in [-0.15, -0.1) is 10.2 Å². The Kier molecular flexibility index (Phi) is 4.87. The highest BCUT2D eigenvalue weighted by Crippen LogP contribution is 2.29. The second-order valence-corrected chi connectivity index (χ2v) is 6.48. The number of phenols is 1. The molecule has 0 saturated carbocycles. The number of hydrogen-bond acceptors (Lipinski definition) is 5. The molecule has 0 amide bonds. The van der Waals surface area contributed by atoms with Gasteiger partial charge in [-0.25, -0.2) is 0 Å². The molecule has 0 atom stereocenters. The van der Waals surface area contributed by atoms with Crippen LogP contribution in [0, 0.1) is 0 Å². The highest BCUT2D eigenvalue weighted by atomic mass is 35.5. The summed E-state index contributed by atoms with van der Waals surface area (Å²) in [6.45, 7) is 0. The number of Topliss-reactive ketones (excluding diaryl/α,β-unsaturated/α-hetero) is 1. The van der Waals surface area contributed by atoms with Crippen molar-refractivity contribution in [2.75, 3.05) is 5.75 Å². The van der Waals surface area contributed by atoms with Crippen molar-refractivity contribution in [3.63, 3.8) is 0 Å². The molecule has 1 aromatic heterocycles. The maximum Gasteiger partial charge on any atom is 0.191 e. The molecule has 3 rings (SSSR count). The molecule has 0 unspecified atom stereocenters. The Labute approximate surface area is 148 Å². The molecule has 0 saturated heterocycles. The zero-order valence-corrected chi connectivity index (χ0v) is 14.4. The quantitative estimate of drug-likeness (QED) is 0.554. The Morgan fingerprint density at radius 3 is 2.58 bits per heavy atom. The Bertz CT molecular complexity index is 878. The zero-order chi connectivity index (χ0) is 17.1. The van der Waals surface area contributed by atoms with Crippen LogP contribution in [0.25, 0.3) is 11.4 Å². The number of halogens is 1. The minimum Gasteiger partial charge on any atom is -0.507 e. The summed E-state index contributed by atoms with van der Waals surface area (Å²) in [5, 5.41) is 19.4. The predicted molar refractivity (Wildman–Crippen MR) is 94.6 cm³/mol. The fourth-order valence-electron chi connectivity index (χ4n) is 2.19. The summed E-state index contributed by atoms with van der Waals surface area (Å²) in [6, 6.07) is 13.7. The summed E-state index contributed by atoms with van der Waals surface area (Å²) in [4.78, 5) is 12.2. The summed E-state index contributed by atoms with van der Waals surface area (Å²) >= 11 is 7.13. The van der Waals surface area contributed by atoms with Crippen LogP contribution < -0.4 is 0 Å². The fourth-order valence-corrected chi connectivity index (χ4v) is 3.12. The average molecular weight is 360 g/mol. The summed E-state index contributed by atoms with van der Waals surface area (Å²) in [6.07, 6.45) is 0. The lowest BCUT2D eigenvalue weighted by Crippen LogP contribution is -2.03. The lowest BCUT2D eigenvalue weighted by molar-refractivity contribution is 0.102. The molecule has 1 N–H and O–H groups in total. The standard InChI is InChI=1S/C17H14ClN3O2S/c1-21-16(13-4-2-3-5-14(13)22)19-20-17(21)24-10-15(23)11-6-8-12(18)9-7-11/h2-9,22H,10H2,1H3. The van der Waals surface area contributed by atoms with Gasteiger partial charge in [0, 0.05) is 17.6 Å². The third-order valence-corrected chi connectivity index (χ3v) is 4.75. The second-order valence-electron chi connectivity index (χ2n) is 5.10. The Morgan fingerprint density at radius 2 is 1.88 bits per heavy atom. The number of hydrogen-bond donors (Lipinski definition) is 1. The van der Waals surface area contributed by atoms with E-state index >= 15 is 0 Å². The van der Waals surface area contributed by atoms with Crippen LogP contribution in [0.3, 0.4) is 0 Å². The van der Waals surface area contributed by atoms with E-state index in [1.807, 2.05) is 6.07 Å². The number of phenolic OH excluding ortho intramolecular Hbond substituents is 1. The van der Waals surface area contributed by atoms with Gasteiger partial charge in [-0.3, -0.25) is 4.79 Å². The van der Waals surface area contributed by atoms with E-state index in [1.165, 1.54) is 11.8 Å². The number of para-hydroxylation sites is 1. The molecule has 1 heterocycles. The molecule has 0 aliphatic rings. The predicted octanol–water partition coefficient (Wildman–Crippen LogP) is 3.82. The van der Waals surface area contributed by atoms with Crippen molar-refractivity contribution in [2.45, 2.75) is 5.16 Å². The number of carbonyl (C=O) groups is 1. The van der Waals surface area contributed by atoms with Gasteiger partial charge in [-0.05, 0) is 36.4 Å². The Balaban J connectivity index is 1.74. The first kappa shape index (κ1) is 16.5. The molecule has 0 bridgehead atoms. The van der Waals surface area contributed by atoms with Crippen LogP contribution in [-0.2, 0) is 7.05 Å². The molecular weight excluding hydrogens is 346 g/mol. The number of aromatic hydroxyl groups is 1. The molecular formula is C17H14ClN3O2S. The van der Waals surface area contributed by atoms with E-state index in [0.29, 0.717) is 27.1 Å². The summed E-state index contributed by atoms with van der Waals surface area (Å²) < 4.78 is 1.76. The molecule has 0 fully saturated rings. The molecule has 0 spiro atoms. The van der Waals surface area contributed by atoms with Gasteiger partial charge in [0.1, 0.15) is 5.75 Å². The molecule has 5 nitrogen and oxygen atoms in total. The molecule has 0 radical (unpaired) electrons. The van der Waals surface area contributed by atoms with Crippen molar-refractivity contribution in [1.82, 2.24) is 14.8 Å². The van der Waals surface area contributed by atoms with Gasteiger partial charge in [-0.2, -0.15) is 0 Å². The lowest BCUT2D eigenvalue weighted by Gasteiger charge is -2.05. The zero-order valence-electron chi connectivity index (χ0n) is 12.8. The third kappa shape index (κ3) is 3.44. The molecule has 2 aromatic carbocycles. The number of carbonyl (C=O) groups excluding carboxylic acids is 1. The Hall–Kier alpha value is -2.31. The van der Waals surface area contributed by atoms with Crippen LogP contribution in [-0.4, -0.2) is 31.4 Å². The molecule has 3 aromatic rings. The van der Waals surface area contributed by atoms with E-state index in [2.05, 4.69) is 10.2 Å². The van der Waals surface area contributed by atoms with Crippen LogP contribution >= 0.6 is 23.4 Å². The summed E-state index contributed by atoms with van der Waals surface area (Å²) in [5.74, 6) is 0.925. The first-order chi connectivity index (χ1) is 11.6. The molecule has 0 aliphatic carbocycles. The SMILES string of the molecule is Cn1c(SCC(=O)c2ccc(Cl)cc2)nnc1-c1ccccc1O. The maximum atomic E-state index is 12.2. The van der Waals surface area contributed by atoms with Crippen LogP contribution in [0.5, 0.6) is 5.75 Å². The van der Waals surface area contributed by atoms with E-state index in [-0.39, 0.29) is 17.3 Å². The topological polar surface area (TPSA) is 68.0 Å². The van der Waals surface area contributed by atoms with Crippen molar-refractivity contribution in [2.24, 2.45) is 7.05 Å². The Morgan fingerprint density at radius 1 is 1.17 bits per heavy atom. The molecule has 24 heavy (non-hydrogen) atoms. The van der Waals surface area contributed by atoms with Crippen LogP contribution in [0.15, 0.2) is 53.7 Å². The monoisotopic (exact) mass is 359 g/mol. The number of benzene rings is 2. The van der Waals surface area contributed by atoms with Crippen molar-refractivity contribution in [3.8, 4) is 17.1 Å². The first-order valence-corrected chi connectivity index (χ1v) is 8.52. The number of thioether (sulfide) groups is 1. The van der Waals surface area contributed by atoms with Gasteiger partial charge in [0.15, 0.2) is 16.8 Å². The minimum absolute atomic E-state index is 0.0104. The minimum atomic E-state index is -0.0104. The summed E-state index contributed by atoms with van der Waals surface area (Å²) in [7, 11) is 1.80. The van der Waals surface area contributed by atoms with Gasteiger partial charge < -0.3 is 9.67 Å². The molecule has 0 aliphatic heterocycles. The highest BCUT2D eigenvalue weighted by Gasteiger charge is 2.15. The van der Waals surface area contributed by atoms with Crippen LogP contribution in [0.2, 0.25) is 5.02 Å². The van der Waals surface area contributed by atoms with E-state index in [4.69, 9.17) is 11.6 Å². The fraction of sp³-hybridized carbons (Fsp3) is 0.118. The third-order valence-electron chi connectivity index (χ3n) is 3.48. The van der Waals surface area contributed by atoms with E-state index < -0.39 is 0 Å². The normalized spacial score (nSPS) is 10.8. The molecule has 122 valence electrons. The van der Waals surface area contributed by atoms with E-state index in [9.17, 15) is 9.90 Å².